The number of carboxylic acids is 1. The Kier molecular flexibility index (Phi) is 8.66. The summed E-state index contributed by atoms with van der Waals surface area (Å²) in [5, 5.41) is 14.9. The third kappa shape index (κ3) is 7.23. The highest BCUT2D eigenvalue weighted by Crippen LogP contribution is 2.18. The van der Waals surface area contributed by atoms with Gasteiger partial charge in [-0.25, -0.2) is 10.3 Å². The number of aliphatic carboxylic acids is 1. The van der Waals surface area contributed by atoms with E-state index in [0.717, 1.165) is 11.1 Å². The molecule has 0 aliphatic heterocycles. The van der Waals surface area contributed by atoms with Gasteiger partial charge in [-0.15, -0.1) is 0 Å². The molecular formula is C26H25N3O6. The fraction of sp³-hybridized carbons (Fsp3) is 0.192. The largest absolute Gasteiger partial charge is 0.497 e. The summed E-state index contributed by atoms with van der Waals surface area (Å²) >= 11 is 0. The molecule has 0 aliphatic rings. The van der Waals surface area contributed by atoms with E-state index in [4.69, 9.17) is 20.1 Å². The first-order valence-corrected chi connectivity index (χ1v) is 10.7. The summed E-state index contributed by atoms with van der Waals surface area (Å²) in [5.41, 5.74) is 9.31. The first-order chi connectivity index (χ1) is 16.9. The molecule has 35 heavy (non-hydrogen) atoms. The van der Waals surface area contributed by atoms with Crippen LogP contribution in [-0.4, -0.2) is 42.5 Å². The van der Waals surface area contributed by atoms with Crippen molar-refractivity contribution in [2.75, 3.05) is 13.7 Å². The fourth-order valence-corrected chi connectivity index (χ4v) is 3.36. The number of hydrogen-bond acceptors (Lipinski definition) is 7. The molecule has 0 spiro atoms. The highest BCUT2D eigenvalue weighted by Gasteiger charge is 2.23. The predicted molar refractivity (Wildman–Crippen MR) is 127 cm³/mol. The average Bonchev–Trinajstić information content (AvgIpc) is 2.88. The number of ether oxygens (including phenoxy) is 2. The topological polar surface area (TPSA) is 138 Å². The number of benzene rings is 3. The lowest BCUT2D eigenvalue weighted by atomic mass is 9.97. The predicted octanol–water partition coefficient (Wildman–Crippen LogP) is 3.91. The maximum atomic E-state index is 13.3. The van der Waals surface area contributed by atoms with E-state index in [1.54, 1.807) is 43.5 Å². The number of nitrogens with zero attached hydrogens (tertiary/aromatic N) is 1. The van der Waals surface area contributed by atoms with Gasteiger partial charge in [0.05, 0.1) is 19.7 Å². The minimum Gasteiger partial charge on any atom is -0.497 e. The van der Waals surface area contributed by atoms with E-state index >= 15 is 0 Å². The highest BCUT2D eigenvalue weighted by molar-refractivity contribution is 6.04. The molecule has 1 atom stereocenters. The van der Waals surface area contributed by atoms with Crippen molar-refractivity contribution < 1.29 is 29.0 Å². The van der Waals surface area contributed by atoms with Crippen molar-refractivity contribution in [1.82, 2.24) is 5.32 Å². The molecule has 3 N–H and O–H groups in total. The second-order valence-corrected chi connectivity index (χ2v) is 7.66. The van der Waals surface area contributed by atoms with Crippen LogP contribution < -0.4 is 14.8 Å². The van der Waals surface area contributed by atoms with Crippen molar-refractivity contribution in [3.8, 4) is 11.5 Å². The molecule has 3 aromatic carbocycles. The number of ketones is 1. The van der Waals surface area contributed by atoms with Crippen LogP contribution in [0.3, 0.4) is 0 Å². The van der Waals surface area contributed by atoms with Crippen molar-refractivity contribution in [3.63, 3.8) is 0 Å². The molecule has 9 nitrogen and oxygen atoms in total. The summed E-state index contributed by atoms with van der Waals surface area (Å²) in [7, 11) is 1.56. The van der Waals surface area contributed by atoms with E-state index in [-0.39, 0.29) is 18.7 Å². The third-order valence-electron chi connectivity index (χ3n) is 5.20. The molecule has 0 aliphatic carbocycles. The first kappa shape index (κ1) is 25.1. The van der Waals surface area contributed by atoms with E-state index in [9.17, 15) is 14.4 Å². The van der Waals surface area contributed by atoms with Gasteiger partial charge in [-0.3, -0.25) is 9.59 Å². The zero-order valence-electron chi connectivity index (χ0n) is 19.1. The van der Waals surface area contributed by atoms with Gasteiger partial charge in [0.1, 0.15) is 11.5 Å². The van der Waals surface area contributed by atoms with Crippen LogP contribution in [-0.2, 0) is 17.8 Å². The zero-order valence-corrected chi connectivity index (χ0v) is 19.1. The van der Waals surface area contributed by atoms with Gasteiger partial charge in [-0.2, -0.15) is 5.11 Å². The average molecular weight is 476 g/mol. The molecule has 1 amide bonds. The third-order valence-corrected chi connectivity index (χ3v) is 5.20. The second kappa shape index (κ2) is 12.1. The molecule has 9 heteroatoms. The Labute approximate surface area is 202 Å². The monoisotopic (exact) mass is 475 g/mol. The van der Waals surface area contributed by atoms with Crippen LogP contribution in [0.5, 0.6) is 11.5 Å². The molecule has 0 bridgehead atoms. The highest BCUT2D eigenvalue weighted by atomic mass is 16.5. The molecule has 3 rings (SSSR count). The lowest BCUT2D eigenvalue weighted by Crippen LogP contribution is -2.42. The summed E-state index contributed by atoms with van der Waals surface area (Å²) in [4.78, 5) is 37.0. The van der Waals surface area contributed by atoms with Gasteiger partial charge in [0, 0.05) is 17.5 Å². The van der Waals surface area contributed by atoms with Crippen molar-refractivity contribution in [1.29, 1.82) is 5.53 Å². The smallest absolute Gasteiger partial charge is 0.341 e. The number of carboxylic acid groups (broad SMARTS) is 1. The maximum Gasteiger partial charge on any atom is 0.341 e. The van der Waals surface area contributed by atoms with Crippen LogP contribution in [0, 0.1) is 5.53 Å². The lowest BCUT2D eigenvalue weighted by Gasteiger charge is -2.19. The number of hydrogen-bond donors (Lipinski definition) is 3. The van der Waals surface area contributed by atoms with Gasteiger partial charge in [0.25, 0.3) is 5.91 Å². The number of carbonyl (C=O) groups is 3. The molecule has 180 valence electrons. The first-order valence-electron chi connectivity index (χ1n) is 10.7. The number of rotatable bonds is 12. The fourth-order valence-electron chi connectivity index (χ4n) is 3.36. The molecule has 0 saturated heterocycles. The Morgan fingerprint density at radius 1 is 0.886 bits per heavy atom. The minimum atomic E-state index is -1.10. The number of methoxy groups -OCH3 is 1. The van der Waals surface area contributed by atoms with Crippen LogP contribution in [0.1, 0.15) is 31.8 Å². The Morgan fingerprint density at radius 3 is 2.03 bits per heavy atom. The number of carbonyl (C=O) groups excluding carboxylic acids is 2. The number of Topliss-reactive ketones (excluding diaryl/α,β-unsaturated/α-hetero) is 1. The molecule has 0 unspecified atom stereocenters. The maximum absolute atomic E-state index is 13.3. The SMILES string of the molecule is COc1ccc(C[C@H](NC(=O)c2ccc(CN=N)cc2)C(=O)c2ccc(OCC(=O)O)cc2)cc1. The Hall–Kier alpha value is -4.53. The normalized spacial score (nSPS) is 11.2. The van der Waals surface area contributed by atoms with Gasteiger partial charge in [0.2, 0.25) is 0 Å². The van der Waals surface area contributed by atoms with Crippen LogP contribution in [0.4, 0.5) is 0 Å². The van der Waals surface area contributed by atoms with Gasteiger partial charge >= 0.3 is 5.97 Å². The summed E-state index contributed by atoms with van der Waals surface area (Å²) in [5.74, 6) is -0.818. The second-order valence-electron chi connectivity index (χ2n) is 7.66. The summed E-state index contributed by atoms with van der Waals surface area (Å²) in [6, 6.07) is 19.1. The molecule has 0 radical (unpaired) electrons. The summed E-state index contributed by atoms with van der Waals surface area (Å²) in [6.07, 6.45) is 0.252. The van der Waals surface area contributed by atoms with Crippen LogP contribution in [0.25, 0.3) is 0 Å². The standard InChI is InChI=1S/C26H25N3O6/c1-34-21-10-4-17(5-11-21)14-23(29-26(33)20-6-2-18(3-7-20)15-28-27)25(32)19-8-12-22(13-9-19)35-16-24(30)31/h2-13,23,27H,14-16H2,1H3,(H,29,33)(H,30,31)/t23-/m0/s1. The van der Waals surface area contributed by atoms with Gasteiger partial charge in [-0.05, 0) is 59.7 Å². The van der Waals surface area contributed by atoms with Crippen molar-refractivity contribution in [2.24, 2.45) is 5.11 Å². The molecule has 0 heterocycles. The van der Waals surface area contributed by atoms with Crippen LogP contribution >= 0.6 is 0 Å². The lowest BCUT2D eigenvalue weighted by molar-refractivity contribution is -0.139. The van der Waals surface area contributed by atoms with E-state index < -0.39 is 24.5 Å². The molecular weight excluding hydrogens is 450 g/mol. The zero-order chi connectivity index (χ0) is 25.2. The van der Waals surface area contributed by atoms with E-state index in [0.29, 0.717) is 22.6 Å². The van der Waals surface area contributed by atoms with Crippen molar-refractivity contribution in [2.45, 2.75) is 19.0 Å². The molecule has 0 aromatic heterocycles. The van der Waals surface area contributed by atoms with Gasteiger partial charge in [0.15, 0.2) is 12.4 Å². The van der Waals surface area contributed by atoms with Crippen LogP contribution in [0.2, 0.25) is 0 Å². The van der Waals surface area contributed by atoms with E-state index in [2.05, 4.69) is 10.4 Å². The Bertz CT molecular complexity index is 1180. The van der Waals surface area contributed by atoms with E-state index in [1.807, 2.05) is 12.1 Å². The van der Waals surface area contributed by atoms with Crippen molar-refractivity contribution >= 4 is 17.7 Å². The van der Waals surface area contributed by atoms with Gasteiger partial charge < -0.3 is 19.9 Å². The van der Waals surface area contributed by atoms with Crippen LogP contribution in [0.15, 0.2) is 77.9 Å². The molecule has 0 fully saturated rings. The summed E-state index contributed by atoms with van der Waals surface area (Å²) < 4.78 is 10.3. The quantitative estimate of drug-likeness (QED) is 0.268. The number of nitrogens with one attached hydrogen (secondary N) is 2. The van der Waals surface area contributed by atoms with E-state index in [1.165, 1.54) is 24.3 Å². The minimum absolute atomic E-state index is 0.229. The van der Waals surface area contributed by atoms with Crippen molar-refractivity contribution in [3.05, 3.63) is 95.1 Å². The summed E-state index contributed by atoms with van der Waals surface area (Å²) in [6.45, 7) is -0.259. The molecule has 0 saturated carbocycles. The van der Waals surface area contributed by atoms with Gasteiger partial charge in [-0.1, -0.05) is 24.3 Å². The molecule has 3 aromatic rings. The number of amides is 1. The Balaban J connectivity index is 1.80. The Morgan fingerprint density at radius 2 is 1.46 bits per heavy atom.